The fourth-order valence-corrected chi connectivity index (χ4v) is 4.17. The normalized spacial score (nSPS) is 20.8. The third-order valence-electron chi connectivity index (χ3n) is 5.87. The lowest BCUT2D eigenvalue weighted by Crippen LogP contribution is -2.55. The number of aromatic nitrogens is 3. The number of piperidine rings is 1. The summed E-state index contributed by atoms with van der Waals surface area (Å²) in [5.41, 5.74) is 1.42. The molecule has 2 saturated heterocycles. The Morgan fingerprint density at radius 3 is 2.59 bits per heavy atom. The highest BCUT2D eigenvalue weighted by molar-refractivity contribution is 5.93. The quantitative estimate of drug-likeness (QED) is 0.639. The number of halogens is 2. The van der Waals surface area contributed by atoms with E-state index in [9.17, 15) is 4.79 Å². The lowest BCUT2D eigenvalue weighted by molar-refractivity contribution is 0.0337. The summed E-state index contributed by atoms with van der Waals surface area (Å²) < 4.78 is 7.46. The van der Waals surface area contributed by atoms with Gasteiger partial charge in [-0.05, 0) is 46.2 Å². The second-order valence-corrected chi connectivity index (χ2v) is 7.50. The summed E-state index contributed by atoms with van der Waals surface area (Å²) in [5, 5.41) is 12.0. The third-order valence-corrected chi connectivity index (χ3v) is 5.87. The van der Waals surface area contributed by atoms with E-state index in [1.54, 1.807) is 0 Å². The Hall–Kier alpha value is -0.930. The van der Waals surface area contributed by atoms with Crippen molar-refractivity contribution in [3.63, 3.8) is 0 Å². The number of rotatable bonds is 7. The minimum absolute atomic E-state index is 0. The van der Waals surface area contributed by atoms with Crippen molar-refractivity contribution in [2.45, 2.75) is 52.1 Å². The van der Waals surface area contributed by atoms with Gasteiger partial charge in [0, 0.05) is 38.8 Å². The molecule has 3 heterocycles. The van der Waals surface area contributed by atoms with Gasteiger partial charge in [0.2, 0.25) is 0 Å². The van der Waals surface area contributed by atoms with E-state index in [0.717, 1.165) is 77.4 Å². The van der Waals surface area contributed by atoms with Crippen LogP contribution in [0, 0.1) is 6.92 Å². The maximum absolute atomic E-state index is 13.1. The second-order valence-electron chi connectivity index (χ2n) is 7.50. The number of ether oxygens (including phenoxy) is 1. The summed E-state index contributed by atoms with van der Waals surface area (Å²) in [4.78, 5) is 17.5. The average Bonchev–Trinajstić information content (AvgIpc) is 3.09. The number of hydrogen-bond acceptors (Lipinski definition) is 6. The first-order valence-corrected chi connectivity index (χ1v) is 10.4. The number of piperazine rings is 1. The van der Waals surface area contributed by atoms with Gasteiger partial charge in [-0.2, -0.15) is 0 Å². The van der Waals surface area contributed by atoms with Gasteiger partial charge in [-0.25, -0.2) is 4.68 Å². The van der Waals surface area contributed by atoms with E-state index >= 15 is 0 Å². The van der Waals surface area contributed by atoms with Crippen LogP contribution in [0.1, 0.15) is 55.3 Å². The van der Waals surface area contributed by atoms with Crippen LogP contribution in [0.4, 0.5) is 0 Å². The monoisotopic (exact) mass is 450 g/mol. The molecule has 1 unspecified atom stereocenters. The zero-order valence-corrected chi connectivity index (χ0v) is 19.4. The molecule has 0 bridgehead atoms. The maximum atomic E-state index is 13.1. The fourth-order valence-electron chi connectivity index (χ4n) is 4.17. The van der Waals surface area contributed by atoms with Gasteiger partial charge in [-0.3, -0.25) is 9.69 Å². The van der Waals surface area contributed by atoms with Crippen molar-refractivity contribution in [1.29, 1.82) is 0 Å². The average molecular weight is 451 g/mol. The number of amides is 1. The minimum Gasteiger partial charge on any atom is -0.380 e. The van der Waals surface area contributed by atoms with E-state index in [1.807, 2.05) is 23.4 Å². The molecule has 29 heavy (non-hydrogen) atoms. The van der Waals surface area contributed by atoms with Gasteiger partial charge in [0.1, 0.15) is 0 Å². The first-order valence-electron chi connectivity index (χ1n) is 10.4. The van der Waals surface area contributed by atoms with Crippen LogP contribution < -0.4 is 5.32 Å². The van der Waals surface area contributed by atoms with Gasteiger partial charge >= 0.3 is 0 Å². The van der Waals surface area contributed by atoms with Gasteiger partial charge in [0.05, 0.1) is 18.3 Å². The lowest BCUT2D eigenvalue weighted by Gasteiger charge is -2.41. The van der Waals surface area contributed by atoms with Crippen molar-refractivity contribution in [3.8, 4) is 0 Å². The molecule has 8 nitrogen and oxygen atoms in total. The van der Waals surface area contributed by atoms with E-state index in [-0.39, 0.29) is 30.7 Å². The highest BCUT2D eigenvalue weighted by atomic mass is 35.5. The molecule has 2 aliphatic heterocycles. The molecule has 1 amide bonds. The van der Waals surface area contributed by atoms with Crippen molar-refractivity contribution in [2.24, 2.45) is 0 Å². The van der Waals surface area contributed by atoms with E-state index in [1.165, 1.54) is 0 Å². The lowest BCUT2D eigenvalue weighted by atomic mass is 10.1. The molecule has 0 saturated carbocycles. The fraction of sp³-hybridized carbons (Fsp3) is 0.842. The molecule has 1 N–H and O–H groups in total. The van der Waals surface area contributed by atoms with E-state index < -0.39 is 0 Å². The molecular formula is C19H36Cl2N6O2. The highest BCUT2D eigenvalue weighted by Crippen LogP contribution is 2.22. The number of carbonyl (C=O) groups excluding carboxylic acids is 1. The van der Waals surface area contributed by atoms with Gasteiger partial charge in [-0.15, -0.1) is 29.9 Å². The Bertz CT molecular complexity index is 624. The predicted molar refractivity (Wildman–Crippen MR) is 118 cm³/mol. The molecule has 1 aromatic heterocycles. The van der Waals surface area contributed by atoms with Gasteiger partial charge in [0.15, 0.2) is 5.69 Å². The minimum atomic E-state index is 0. The number of carbonyl (C=O) groups is 1. The van der Waals surface area contributed by atoms with Crippen molar-refractivity contribution >= 4 is 30.7 Å². The van der Waals surface area contributed by atoms with E-state index in [4.69, 9.17) is 4.74 Å². The Morgan fingerprint density at radius 1 is 1.21 bits per heavy atom. The first-order chi connectivity index (χ1) is 13.2. The third kappa shape index (κ3) is 6.28. The van der Waals surface area contributed by atoms with Crippen molar-refractivity contribution in [2.75, 3.05) is 52.5 Å². The molecule has 0 aromatic carbocycles. The molecule has 1 aromatic rings. The van der Waals surface area contributed by atoms with Gasteiger partial charge in [-0.1, -0.05) is 12.1 Å². The Balaban J connectivity index is 0.00000210. The molecule has 1 atom stereocenters. The van der Waals surface area contributed by atoms with Crippen LogP contribution in [-0.4, -0.2) is 89.2 Å². The molecule has 0 radical (unpaired) electrons. The smallest absolute Gasteiger partial charge is 0.276 e. The Labute approximate surface area is 186 Å². The summed E-state index contributed by atoms with van der Waals surface area (Å²) in [6.07, 6.45) is 3.10. The van der Waals surface area contributed by atoms with Crippen LogP contribution >= 0.6 is 24.8 Å². The van der Waals surface area contributed by atoms with Gasteiger partial charge < -0.3 is 15.0 Å². The summed E-state index contributed by atoms with van der Waals surface area (Å²) in [6, 6.07) is 0.724. The molecule has 2 aliphatic rings. The standard InChI is InChI=1S/C19H34N6O2.2ClH/c1-4-16-14-24(11-10-23(16)12-13-27-5-2)19(26)18-15(3)25(22-21-18)17-6-8-20-9-7-17;;/h16-17,20H,4-14H2,1-3H3;2*1H. The van der Waals surface area contributed by atoms with E-state index in [2.05, 4.69) is 27.5 Å². The van der Waals surface area contributed by atoms with Crippen molar-refractivity contribution in [1.82, 2.24) is 30.1 Å². The van der Waals surface area contributed by atoms with Crippen LogP contribution in [0.2, 0.25) is 0 Å². The molecule has 168 valence electrons. The summed E-state index contributed by atoms with van der Waals surface area (Å²) >= 11 is 0. The molecule has 0 aliphatic carbocycles. The Morgan fingerprint density at radius 2 is 1.93 bits per heavy atom. The van der Waals surface area contributed by atoms with Crippen LogP contribution in [0.5, 0.6) is 0 Å². The molecule has 3 rings (SSSR count). The SMILES string of the molecule is CCOCCN1CCN(C(=O)c2nnn(C3CCNCC3)c2C)CC1CC.Cl.Cl. The highest BCUT2D eigenvalue weighted by Gasteiger charge is 2.31. The molecule has 10 heteroatoms. The van der Waals surface area contributed by atoms with E-state index in [0.29, 0.717) is 17.8 Å². The maximum Gasteiger partial charge on any atom is 0.276 e. The summed E-state index contributed by atoms with van der Waals surface area (Å²) in [5.74, 6) is 0.0237. The van der Waals surface area contributed by atoms with Crippen LogP contribution in [0.15, 0.2) is 0 Å². The van der Waals surface area contributed by atoms with Crippen LogP contribution in [0.3, 0.4) is 0 Å². The predicted octanol–water partition coefficient (Wildman–Crippen LogP) is 1.93. The number of hydrogen-bond donors (Lipinski definition) is 1. The zero-order chi connectivity index (χ0) is 19.2. The van der Waals surface area contributed by atoms with Gasteiger partial charge in [0.25, 0.3) is 5.91 Å². The molecule has 0 spiro atoms. The number of nitrogens with one attached hydrogen (secondary N) is 1. The van der Waals surface area contributed by atoms with Crippen molar-refractivity contribution < 1.29 is 9.53 Å². The zero-order valence-electron chi connectivity index (χ0n) is 17.8. The Kier molecular flexibility index (Phi) is 11.4. The van der Waals surface area contributed by atoms with Crippen LogP contribution in [-0.2, 0) is 4.74 Å². The molecule has 2 fully saturated rings. The second kappa shape index (κ2) is 12.7. The summed E-state index contributed by atoms with van der Waals surface area (Å²) in [6.45, 7) is 13.0. The topological polar surface area (TPSA) is 75.5 Å². The molecular weight excluding hydrogens is 415 g/mol. The van der Waals surface area contributed by atoms with Crippen molar-refractivity contribution in [3.05, 3.63) is 11.4 Å². The first kappa shape index (κ1) is 26.1. The summed E-state index contributed by atoms with van der Waals surface area (Å²) in [7, 11) is 0. The van der Waals surface area contributed by atoms with Crippen LogP contribution in [0.25, 0.3) is 0 Å². The number of nitrogens with zero attached hydrogens (tertiary/aromatic N) is 5. The largest absolute Gasteiger partial charge is 0.380 e.